The van der Waals surface area contributed by atoms with E-state index in [0.29, 0.717) is 25.7 Å². The molecule has 4 N–H and O–H groups in total. The van der Waals surface area contributed by atoms with Gasteiger partial charge in [-0.25, -0.2) is 4.79 Å². The summed E-state index contributed by atoms with van der Waals surface area (Å²) in [6.07, 6.45) is -9.97. The highest BCUT2D eigenvalue weighted by atomic mass is 35.5. The second-order valence-electron chi connectivity index (χ2n) is 14.2. The van der Waals surface area contributed by atoms with E-state index in [1.54, 1.807) is 6.07 Å². The minimum atomic E-state index is -3.21. The van der Waals surface area contributed by atoms with Crippen molar-refractivity contribution in [1.29, 1.82) is 0 Å². The molecule has 0 aromatic heterocycles. The minimum absolute atomic E-state index is 0.0500. The van der Waals surface area contributed by atoms with Gasteiger partial charge in [0.15, 0.2) is 24.3 Å². The van der Waals surface area contributed by atoms with Crippen LogP contribution in [0.3, 0.4) is 0 Å². The lowest BCUT2D eigenvalue weighted by Crippen LogP contribution is -2.83. The number of Topliss-reactive ketones (excluding diaryl/α,β-unsaturated/α-hetero) is 1. The van der Waals surface area contributed by atoms with Crippen molar-refractivity contribution in [2.24, 2.45) is 0 Å². The van der Waals surface area contributed by atoms with Crippen LogP contribution in [0.4, 0.5) is 0 Å². The Morgan fingerprint density at radius 1 is 0.780 bits per heavy atom. The Balaban J connectivity index is 2.17. The van der Waals surface area contributed by atoms with Crippen LogP contribution in [0.25, 0.3) is 0 Å². The first kappa shape index (κ1) is 49.1. The van der Waals surface area contributed by atoms with Gasteiger partial charge in [0.2, 0.25) is 11.5 Å². The minimum Gasteiger partial charge on any atom is -0.469 e. The van der Waals surface area contributed by atoms with Crippen LogP contribution in [-0.4, -0.2) is 150 Å². The normalized spacial score (nSPS) is 29.0. The Hall–Kier alpha value is -4.24. The van der Waals surface area contributed by atoms with Crippen molar-refractivity contribution < 1.29 is 86.8 Å². The molecule has 1 aromatic rings. The number of ketones is 1. The number of benzene rings is 1. The molecule has 0 bridgehead atoms. The van der Waals surface area contributed by atoms with Gasteiger partial charge in [0.1, 0.15) is 49.3 Å². The Labute approximate surface area is 346 Å². The predicted molar refractivity (Wildman–Crippen MR) is 201 cm³/mol. The molecule has 59 heavy (non-hydrogen) atoms. The lowest BCUT2D eigenvalue weighted by Gasteiger charge is -2.58. The quantitative estimate of drug-likeness (QED) is 0.0577. The summed E-state index contributed by atoms with van der Waals surface area (Å²) >= 11 is 6.03. The van der Waals surface area contributed by atoms with E-state index in [0.717, 1.165) is 47.0 Å². The molecule has 0 aliphatic carbocycles. The molecule has 3 rings (SSSR count). The first-order valence-electron chi connectivity index (χ1n) is 19.1. The van der Waals surface area contributed by atoms with Crippen LogP contribution in [0, 0.1) is 0 Å². The van der Waals surface area contributed by atoms with Crippen LogP contribution < -0.4 is 5.32 Å². The third-order valence-electron chi connectivity index (χ3n) is 9.81. The fourth-order valence-electron chi connectivity index (χ4n) is 6.98. The number of hydrogen-bond acceptors (Lipinski definition) is 18. The zero-order valence-electron chi connectivity index (χ0n) is 33.6. The number of amides is 1. The molecule has 0 saturated carbocycles. The van der Waals surface area contributed by atoms with Crippen LogP contribution in [0.5, 0.6) is 0 Å². The molecule has 2 fully saturated rings. The van der Waals surface area contributed by atoms with Crippen molar-refractivity contribution in [3.05, 3.63) is 35.9 Å². The van der Waals surface area contributed by atoms with Crippen molar-refractivity contribution in [3.63, 3.8) is 0 Å². The second-order valence-corrected chi connectivity index (χ2v) is 14.4. The Bertz CT molecular complexity index is 1610. The maximum atomic E-state index is 13.9. The molecule has 330 valence electrons. The molecule has 2 saturated heterocycles. The Kier molecular flexibility index (Phi) is 19.1. The molecule has 2 heterocycles. The third-order valence-corrected chi connectivity index (χ3v) is 10.1. The number of ether oxygens (including phenoxy) is 8. The highest BCUT2D eigenvalue weighted by molar-refractivity contribution is 6.29. The summed E-state index contributed by atoms with van der Waals surface area (Å²) < 4.78 is 44.5. The number of halogens is 1. The fraction of sp³-hybridized carbons (Fsp3) is 0.667. The smallest absolute Gasteiger partial charge is 0.338 e. The van der Waals surface area contributed by atoms with Crippen molar-refractivity contribution in [2.45, 2.75) is 133 Å². The van der Waals surface area contributed by atoms with E-state index in [2.05, 4.69) is 10.1 Å². The van der Waals surface area contributed by atoms with Crippen molar-refractivity contribution in [3.8, 4) is 0 Å². The van der Waals surface area contributed by atoms with E-state index in [9.17, 15) is 48.9 Å². The van der Waals surface area contributed by atoms with Crippen LogP contribution in [-0.2, 0) is 66.7 Å². The van der Waals surface area contributed by atoms with Crippen LogP contribution >= 0.6 is 11.6 Å². The summed E-state index contributed by atoms with van der Waals surface area (Å²) in [7, 11) is 1.32. The molecule has 2 aliphatic heterocycles. The average molecular weight is 860 g/mol. The zero-order chi connectivity index (χ0) is 43.9. The molecule has 19 nitrogen and oxygen atoms in total. The van der Waals surface area contributed by atoms with Gasteiger partial charge in [0, 0.05) is 40.7 Å². The standard InChI is InChI=1S/C39H54ClNO18/c1-22(42)41-31-37(53-18-14-9-7-6-8-13-17-30(47)52-5)58-27(20-54-23(2)43)32(48)39(31,51)35-34(59-36(49)26-15-11-10-12-16-26)38(50,29(46)19-40)33(56-25(4)45)28(57-35)21-55-24(3)44/h10-12,15-16,27-28,31-35,37,48,50-51H,6-9,13-14,17-21H2,1-5H3,(H,41,42)/t27-,28-,31+,32-,33+,34+,35-,37-,38+,39-/m1/s1. The molecule has 1 aromatic carbocycles. The van der Waals surface area contributed by atoms with Gasteiger partial charge in [-0.2, -0.15) is 0 Å². The van der Waals surface area contributed by atoms with Crippen LogP contribution in [0.2, 0.25) is 0 Å². The summed E-state index contributed by atoms with van der Waals surface area (Å²) in [6, 6.07) is 5.33. The lowest BCUT2D eigenvalue weighted by atomic mass is 9.68. The van der Waals surface area contributed by atoms with Gasteiger partial charge in [-0.1, -0.05) is 43.9 Å². The third kappa shape index (κ3) is 12.9. The van der Waals surface area contributed by atoms with Crippen molar-refractivity contribution in [1.82, 2.24) is 5.32 Å². The van der Waals surface area contributed by atoms with E-state index in [1.807, 2.05) is 0 Å². The van der Waals surface area contributed by atoms with Gasteiger partial charge < -0.3 is 58.5 Å². The van der Waals surface area contributed by atoms with E-state index in [-0.39, 0.29) is 18.1 Å². The Morgan fingerprint density at radius 3 is 1.93 bits per heavy atom. The number of unbranched alkanes of at least 4 members (excludes halogenated alkanes) is 5. The van der Waals surface area contributed by atoms with Gasteiger partial charge in [0.25, 0.3) is 0 Å². The number of rotatable bonds is 21. The number of nitrogens with one attached hydrogen (secondary N) is 1. The molecule has 0 spiro atoms. The summed E-state index contributed by atoms with van der Waals surface area (Å²) in [4.78, 5) is 88.5. The number of aliphatic hydroxyl groups excluding tert-OH is 1. The molecule has 0 unspecified atom stereocenters. The number of carbonyl (C=O) groups is 7. The number of esters is 5. The van der Waals surface area contributed by atoms with Gasteiger partial charge in [-0.3, -0.25) is 28.8 Å². The summed E-state index contributed by atoms with van der Waals surface area (Å²) in [6.45, 7) is 2.49. The van der Waals surface area contributed by atoms with E-state index >= 15 is 0 Å². The zero-order valence-corrected chi connectivity index (χ0v) is 34.4. The molecule has 1 amide bonds. The summed E-state index contributed by atoms with van der Waals surface area (Å²) in [5.74, 6) is -7.37. The summed E-state index contributed by atoms with van der Waals surface area (Å²) in [5, 5.41) is 40.2. The number of aliphatic hydroxyl groups is 3. The number of hydrogen-bond donors (Lipinski definition) is 4. The monoisotopic (exact) mass is 859 g/mol. The summed E-state index contributed by atoms with van der Waals surface area (Å²) in [5.41, 5.74) is -6.36. The lowest BCUT2D eigenvalue weighted by molar-refractivity contribution is -0.356. The second kappa shape index (κ2) is 22.9. The Morgan fingerprint density at radius 2 is 1.37 bits per heavy atom. The topological polar surface area (TPSA) is 266 Å². The molecular weight excluding hydrogens is 806 g/mol. The fourth-order valence-corrected chi connectivity index (χ4v) is 7.20. The maximum absolute atomic E-state index is 13.9. The van der Waals surface area contributed by atoms with Crippen LogP contribution in [0.1, 0.15) is 83.0 Å². The predicted octanol–water partition coefficient (Wildman–Crippen LogP) is 0.818. The van der Waals surface area contributed by atoms with E-state index < -0.39 is 115 Å². The average Bonchev–Trinajstić information content (AvgIpc) is 3.19. The SMILES string of the molecule is COC(=O)CCCCCCCCO[C@@H]1O[C@H](COC(C)=O)[C@@H](O)[C@@](O)([C@@H]2O[C@H](COC(C)=O)[C@H](OC(C)=O)[C@@](O)(C(=O)CCl)[C@H]2OC(=O)c2ccccc2)[C@H]1NC(C)=O. The van der Waals surface area contributed by atoms with Gasteiger partial charge in [0.05, 0.1) is 18.6 Å². The van der Waals surface area contributed by atoms with Gasteiger partial charge in [-0.05, 0) is 25.0 Å². The number of alkyl halides is 1. The molecule has 20 heteroatoms. The van der Waals surface area contributed by atoms with Crippen LogP contribution in [0.15, 0.2) is 30.3 Å². The van der Waals surface area contributed by atoms with E-state index in [4.69, 9.17) is 44.8 Å². The largest absolute Gasteiger partial charge is 0.469 e. The highest BCUT2D eigenvalue weighted by Crippen LogP contribution is 2.45. The van der Waals surface area contributed by atoms with E-state index in [1.165, 1.54) is 31.4 Å². The highest BCUT2D eigenvalue weighted by Gasteiger charge is 2.72. The molecule has 2 aliphatic rings. The van der Waals surface area contributed by atoms with Crippen molar-refractivity contribution in [2.75, 3.05) is 32.8 Å². The number of methoxy groups -OCH3 is 1. The van der Waals surface area contributed by atoms with Crippen molar-refractivity contribution >= 4 is 53.1 Å². The maximum Gasteiger partial charge on any atom is 0.338 e. The first-order chi connectivity index (χ1) is 27.9. The first-order valence-corrected chi connectivity index (χ1v) is 19.6. The molecular formula is C39H54ClNO18. The number of carbonyl (C=O) groups excluding carboxylic acids is 7. The molecule has 10 atom stereocenters. The van der Waals surface area contributed by atoms with Gasteiger partial charge in [-0.15, -0.1) is 11.6 Å². The molecule has 0 radical (unpaired) electrons. The van der Waals surface area contributed by atoms with Gasteiger partial charge >= 0.3 is 29.8 Å².